The molecule has 20 heavy (non-hydrogen) atoms. The van der Waals surface area contributed by atoms with Crippen LogP contribution in [0.1, 0.15) is 11.1 Å². The first-order chi connectivity index (χ1) is 9.47. The molecule has 0 saturated carbocycles. The summed E-state index contributed by atoms with van der Waals surface area (Å²) in [6.07, 6.45) is -2.36. The number of aryl methyl sites for hydroxylation is 1. The van der Waals surface area contributed by atoms with Gasteiger partial charge in [-0.25, -0.2) is 0 Å². The Morgan fingerprint density at radius 3 is 2.20 bits per heavy atom. The summed E-state index contributed by atoms with van der Waals surface area (Å²) in [6.45, 7) is 1.99. The van der Waals surface area contributed by atoms with E-state index in [9.17, 15) is 13.2 Å². The molecule has 0 aliphatic rings. The molecule has 0 atom stereocenters. The highest BCUT2D eigenvalue weighted by atomic mass is 19.4. The molecule has 3 rings (SSSR count). The molecule has 102 valence electrons. The van der Waals surface area contributed by atoms with Crippen LogP contribution in [0.4, 0.5) is 13.2 Å². The summed E-state index contributed by atoms with van der Waals surface area (Å²) in [5.74, 6) is 0. The summed E-state index contributed by atoms with van der Waals surface area (Å²) in [5.41, 5.74) is 2.18. The van der Waals surface area contributed by atoms with Gasteiger partial charge in [0.25, 0.3) is 0 Å². The Balaban J connectivity index is 2.12. The number of benzene rings is 2. The van der Waals surface area contributed by atoms with Crippen LogP contribution in [0.25, 0.3) is 16.6 Å². The zero-order valence-corrected chi connectivity index (χ0v) is 10.8. The van der Waals surface area contributed by atoms with E-state index in [1.54, 1.807) is 0 Å². The lowest BCUT2D eigenvalue weighted by Gasteiger charge is -2.09. The molecule has 0 fully saturated rings. The lowest BCUT2D eigenvalue weighted by molar-refractivity contribution is -0.137. The number of aromatic nitrogens is 1. The number of nitrogens with zero attached hydrogens (tertiary/aromatic N) is 1. The molecule has 1 heterocycles. The van der Waals surface area contributed by atoms with Gasteiger partial charge in [-0.05, 0) is 42.8 Å². The van der Waals surface area contributed by atoms with Gasteiger partial charge in [0.1, 0.15) is 0 Å². The zero-order valence-electron chi connectivity index (χ0n) is 10.8. The van der Waals surface area contributed by atoms with Gasteiger partial charge in [-0.3, -0.25) is 0 Å². The van der Waals surface area contributed by atoms with E-state index >= 15 is 0 Å². The maximum atomic E-state index is 12.6. The van der Waals surface area contributed by atoms with Crippen LogP contribution < -0.4 is 0 Å². The van der Waals surface area contributed by atoms with Gasteiger partial charge < -0.3 is 4.57 Å². The van der Waals surface area contributed by atoms with Gasteiger partial charge in [0.2, 0.25) is 0 Å². The molecule has 0 unspecified atom stereocenters. The van der Waals surface area contributed by atoms with Gasteiger partial charge in [-0.2, -0.15) is 13.2 Å². The average molecular weight is 275 g/mol. The number of rotatable bonds is 1. The fourth-order valence-corrected chi connectivity index (χ4v) is 2.37. The molecule has 0 amide bonds. The highest BCUT2D eigenvalue weighted by Gasteiger charge is 2.30. The lowest BCUT2D eigenvalue weighted by Crippen LogP contribution is -2.04. The monoisotopic (exact) mass is 275 g/mol. The van der Waals surface area contributed by atoms with Crippen LogP contribution in [0.2, 0.25) is 0 Å². The van der Waals surface area contributed by atoms with Gasteiger partial charge >= 0.3 is 6.18 Å². The quantitative estimate of drug-likeness (QED) is 0.591. The minimum absolute atomic E-state index is 0.630. The molecule has 0 spiro atoms. The van der Waals surface area contributed by atoms with Crippen LogP contribution in [0.15, 0.2) is 54.7 Å². The minimum atomic E-state index is -4.30. The van der Waals surface area contributed by atoms with Crippen molar-refractivity contribution in [3.8, 4) is 5.69 Å². The molecule has 0 aliphatic heterocycles. The Morgan fingerprint density at radius 1 is 0.900 bits per heavy atom. The van der Waals surface area contributed by atoms with Crippen LogP contribution in [0.5, 0.6) is 0 Å². The van der Waals surface area contributed by atoms with E-state index in [1.807, 2.05) is 42.0 Å². The molecule has 1 aromatic heterocycles. The summed E-state index contributed by atoms with van der Waals surface area (Å²) in [4.78, 5) is 0. The van der Waals surface area contributed by atoms with Crippen molar-refractivity contribution >= 4 is 10.9 Å². The van der Waals surface area contributed by atoms with E-state index in [-0.39, 0.29) is 0 Å². The van der Waals surface area contributed by atoms with E-state index in [2.05, 4.69) is 0 Å². The van der Waals surface area contributed by atoms with Crippen LogP contribution in [0, 0.1) is 6.92 Å². The Hall–Kier alpha value is -2.23. The summed E-state index contributed by atoms with van der Waals surface area (Å²) in [5, 5.41) is 1.10. The van der Waals surface area contributed by atoms with Crippen molar-refractivity contribution in [2.24, 2.45) is 0 Å². The van der Waals surface area contributed by atoms with Crippen LogP contribution >= 0.6 is 0 Å². The predicted molar refractivity (Wildman–Crippen MR) is 73.0 cm³/mol. The fourth-order valence-electron chi connectivity index (χ4n) is 2.37. The Bertz CT molecular complexity index is 751. The molecular formula is C16H12F3N. The van der Waals surface area contributed by atoms with Crippen molar-refractivity contribution in [2.45, 2.75) is 13.1 Å². The molecule has 4 heteroatoms. The average Bonchev–Trinajstić information content (AvgIpc) is 2.76. The maximum absolute atomic E-state index is 12.6. The molecule has 1 nitrogen and oxygen atoms in total. The van der Waals surface area contributed by atoms with E-state index in [1.165, 1.54) is 12.1 Å². The second-order valence-corrected chi connectivity index (χ2v) is 4.74. The van der Waals surface area contributed by atoms with E-state index in [0.717, 1.165) is 34.3 Å². The Morgan fingerprint density at radius 2 is 1.55 bits per heavy atom. The molecule has 2 aromatic carbocycles. The third kappa shape index (κ3) is 2.07. The highest BCUT2D eigenvalue weighted by molar-refractivity contribution is 5.85. The van der Waals surface area contributed by atoms with E-state index in [0.29, 0.717) is 0 Å². The first kappa shape index (κ1) is 12.8. The van der Waals surface area contributed by atoms with Gasteiger partial charge in [0, 0.05) is 17.3 Å². The van der Waals surface area contributed by atoms with Crippen molar-refractivity contribution in [1.29, 1.82) is 0 Å². The molecule has 0 radical (unpaired) electrons. The van der Waals surface area contributed by atoms with Gasteiger partial charge in [0.05, 0.1) is 11.1 Å². The smallest absolute Gasteiger partial charge is 0.316 e. The van der Waals surface area contributed by atoms with Crippen molar-refractivity contribution in [1.82, 2.24) is 4.57 Å². The van der Waals surface area contributed by atoms with Gasteiger partial charge in [-0.15, -0.1) is 0 Å². The van der Waals surface area contributed by atoms with E-state index in [4.69, 9.17) is 0 Å². The molecule has 0 aliphatic carbocycles. The molecule has 0 saturated heterocycles. The number of halogens is 3. The predicted octanol–water partition coefficient (Wildman–Crippen LogP) is 4.96. The van der Waals surface area contributed by atoms with Crippen LogP contribution in [-0.4, -0.2) is 4.57 Å². The third-order valence-corrected chi connectivity index (χ3v) is 3.38. The van der Waals surface area contributed by atoms with Gasteiger partial charge in [-0.1, -0.05) is 18.2 Å². The Kier molecular flexibility index (Phi) is 2.82. The number of hydrogen-bond acceptors (Lipinski definition) is 0. The lowest BCUT2D eigenvalue weighted by atomic mass is 10.2. The minimum Gasteiger partial charge on any atom is -0.316 e. The summed E-state index contributed by atoms with van der Waals surface area (Å²) < 4.78 is 39.6. The SMILES string of the molecule is Cc1cn(-c2ccc(C(F)(F)F)cc2)c2ccccc12. The standard InChI is InChI=1S/C16H12F3N/c1-11-10-20(15-5-3-2-4-14(11)15)13-8-6-12(7-9-13)16(17,18)19/h2-10H,1H3. The summed E-state index contributed by atoms with van der Waals surface area (Å²) in [7, 11) is 0. The van der Waals surface area contributed by atoms with Crippen LogP contribution in [0.3, 0.4) is 0 Å². The summed E-state index contributed by atoms with van der Waals surface area (Å²) >= 11 is 0. The molecular weight excluding hydrogens is 263 g/mol. The second-order valence-electron chi connectivity index (χ2n) is 4.74. The van der Waals surface area contributed by atoms with Gasteiger partial charge in [0.15, 0.2) is 0 Å². The molecule has 0 bridgehead atoms. The maximum Gasteiger partial charge on any atom is 0.416 e. The number of para-hydroxylation sites is 1. The van der Waals surface area contributed by atoms with Crippen molar-refractivity contribution < 1.29 is 13.2 Å². The van der Waals surface area contributed by atoms with Crippen molar-refractivity contribution in [2.75, 3.05) is 0 Å². The van der Waals surface area contributed by atoms with Crippen molar-refractivity contribution in [3.05, 3.63) is 65.9 Å². The Labute approximate surface area is 114 Å². The van der Waals surface area contributed by atoms with Crippen molar-refractivity contribution in [3.63, 3.8) is 0 Å². The second kappa shape index (κ2) is 4.40. The number of alkyl halides is 3. The fraction of sp³-hybridized carbons (Fsp3) is 0.125. The zero-order chi connectivity index (χ0) is 14.3. The van der Waals surface area contributed by atoms with Crippen LogP contribution in [-0.2, 0) is 6.18 Å². The van der Waals surface area contributed by atoms with E-state index < -0.39 is 11.7 Å². The summed E-state index contributed by atoms with van der Waals surface area (Å²) in [6, 6.07) is 13.0. The molecule has 0 N–H and O–H groups in total. The highest BCUT2D eigenvalue weighted by Crippen LogP contribution is 2.30. The largest absolute Gasteiger partial charge is 0.416 e. The number of hydrogen-bond donors (Lipinski definition) is 0. The topological polar surface area (TPSA) is 4.93 Å². The third-order valence-electron chi connectivity index (χ3n) is 3.38. The normalized spacial score (nSPS) is 12.0. The first-order valence-electron chi connectivity index (χ1n) is 6.21. The number of fused-ring (bicyclic) bond motifs is 1. The first-order valence-corrected chi connectivity index (χ1v) is 6.21. The molecule has 3 aromatic rings.